The molecule has 3 rings (SSSR count). The smallest absolute Gasteiger partial charge is 0.252 e. The summed E-state index contributed by atoms with van der Waals surface area (Å²) in [5, 5.41) is 3.14. The van der Waals surface area contributed by atoms with Crippen LogP contribution in [0.4, 0.5) is 0 Å². The van der Waals surface area contributed by atoms with E-state index >= 15 is 0 Å². The van der Waals surface area contributed by atoms with Gasteiger partial charge < -0.3 is 20.5 Å². The van der Waals surface area contributed by atoms with E-state index < -0.39 is 5.60 Å². The van der Waals surface area contributed by atoms with Gasteiger partial charge in [0.1, 0.15) is 17.5 Å². The molecule has 5 heteroatoms. The minimum absolute atomic E-state index is 0.0436. The third-order valence-corrected chi connectivity index (χ3v) is 5.49. The summed E-state index contributed by atoms with van der Waals surface area (Å²) in [4.78, 5) is 12.5. The van der Waals surface area contributed by atoms with Gasteiger partial charge in [-0.25, -0.2) is 0 Å². The fraction of sp³-hybridized carbons (Fsp3) is 0.611. The van der Waals surface area contributed by atoms with E-state index in [0.717, 1.165) is 12.2 Å². The molecule has 1 aromatic rings. The van der Waals surface area contributed by atoms with Gasteiger partial charge in [-0.3, -0.25) is 4.79 Å². The number of nitrogens with two attached hydrogens (primary N) is 1. The summed E-state index contributed by atoms with van der Waals surface area (Å²) < 4.78 is 11.5. The van der Waals surface area contributed by atoms with Gasteiger partial charge in [0.15, 0.2) is 0 Å². The first kappa shape index (κ1) is 16.3. The zero-order valence-electron chi connectivity index (χ0n) is 14.0. The van der Waals surface area contributed by atoms with Gasteiger partial charge in [0, 0.05) is 43.9 Å². The number of carbonyl (C=O) groups is 1. The first-order chi connectivity index (χ1) is 10.9. The Bertz CT molecular complexity index is 567. The lowest BCUT2D eigenvalue weighted by Crippen LogP contribution is -2.68. The number of amides is 1. The number of hydrogen-bond donors (Lipinski definition) is 2. The highest BCUT2D eigenvalue weighted by molar-refractivity contribution is 5.87. The van der Waals surface area contributed by atoms with Gasteiger partial charge in [-0.05, 0) is 12.1 Å². The Morgan fingerprint density at radius 3 is 2.43 bits per heavy atom. The van der Waals surface area contributed by atoms with Crippen molar-refractivity contribution in [3.63, 3.8) is 0 Å². The molecule has 0 heterocycles. The Morgan fingerprint density at radius 2 is 1.91 bits per heavy atom. The molecule has 0 radical (unpaired) electrons. The molecular weight excluding hydrogens is 292 g/mol. The van der Waals surface area contributed by atoms with Crippen molar-refractivity contribution < 1.29 is 14.3 Å². The number of para-hydroxylation sites is 1. The summed E-state index contributed by atoms with van der Waals surface area (Å²) in [6.45, 7) is 4.25. The Balaban J connectivity index is 1.58. The number of rotatable bonds is 5. The van der Waals surface area contributed by atoms with Crippen LogP contribution >= 0.6 is 0 Å². The molecule has 3 N–H and O–H groups in total. The third-order valence-electron chi connectivity index (χ3n) is 5.49. The second-order valence-corrected chi connectivity index (χ2v) is 7.37. The number of carbonyl (C=O) groups excluding carboxylic acids is 1. The van der Waals surface area contributed by atoms with Crippen molar-refractivity contribution in [2.75, 3.05) is 7.11 Å². The second-order valence-electron chi connectivity index (χ2n) is 7.37. The molecule has 2 saturated carbocycles. The van der Waals surface area contributed by atoms with Crippen molar-refractivity contribution in [3.05, 3.63) is 30.3 Å². The maximum atomic E-state index is 12.5. The average molecular weight is 318 g/mol. The van der Waals surface area contributed by atoms with E-state index in [2.05, 4.69) is 19.2 Å². The van der Waals surface area contributed by atoms with Crippen LogP contribution in [0, 0.1) is 5.41 Å². The first-order valence-corrected chi connectivity index (χ1v) is 8.21. The van der Waals surface area contributed by atoms with Gasteiger partial charge in [0.05, 0.1) is 0 Å². The van der Waals surface area contributed by atoms with Gasteiger partial charge in [-0.15, -0.1) is 0 Å². The van der Waals surface area contributed by atoms with Crippen LogP contribution in [0.5, 0.6) is 5.75 Å². The van der Waals surface area contributed by atoms with Crippen molar-refractivity contribution in [3.8, 4) is 5.75 Å². The molecule has 23 heavy (non-hydrogen) atoms. The fourth-order valence-electron chi connectivity index (χ4n) is 3.52. The van der Waals surface area contributed by atoms with Crippen molar-refractivity contribution >= 4 is 5.91 Å². The van der Waals surface area contributed by atoms with E-state index in [1.807, 2.05) is 30.3 Å². The van der Waals surface area contributed by atoms with Crippen molar-refractivity contribution in [1.82, 2.24) is 5.32 Å². The minimum Gasteiger partial charge on any atom is -0.490 e. The van der Waals surface area contributed by atoms with Gasteiger partial charge in [0.25, 0.3) is 5.91 Å². The van der Waals surface area contributed by atoms with Crippen LogP contribution in [0.3, 0.4) is 0 Å². The maximum absolute atomic E-state index is 12.5. The highest BCUT2D eigenvalue weighted by Crippen LogP contribution is 2.44. The van der Waals surface area contributed by atoms with Gasteiger partial charge in [-0.2, -0.15) is 0 Å². The van der Waals surface area contributed by atoms with E-state index in [0.29, 0.717) is 12.8 Å². The van der Waals surface area contributed by atoms with E-state index in [4.69, 9.17) is 15.2 Å². The highest BCUT2D eigenvalue weighted by Gasteiger charge is 2.55. The van der Waals surface area contributed by atoms with Crippen LogP contribution < -0.4 is 15.8 Å². The topological polar surface area (TPSA) is 73.6 Å². The predicted octanol–water partition coefficient (Wildman–Crippen LogP) is 1.85. The fourth-order valence-corrected chi connectivity index (χ4v) is 3.52. The molecule has 0 saturated heterocycles. The zero-order chi connectivity index (χ0) is 16.7. The Morgan fingerprint density at radius 1 is 1.26 bits per heavy atom. The van der Waals surface area contributed by atoms with Crippen molar-refractivity contribution in [2.24, 2.45) is 11.1 Å². The molecule has 0 aliphatic heterocycles. The molecule has 0 bridgehead atoms. The predicted molar refractivity (Wildman–Crippen MR) is 88.1 cm³/mol. The lowest BCUT2D eigenvalue weighted by Gasteiger charge is -2.53. The molecule has 2 aliphatic rings. The number of benzene rings is 1. The molecule has 2 atom stereocenters. The van der Waals surface area contributed by atoms with Crippen LogP contribution in [0.25, 0.3) is 0 Å². The van der Waals surface area contributed by atoms with E-state index in [9.17, 15) is 4.79 Å². The summed E-state index contributed by atoms with van der Waals surface area (Å²) in [6.07, 6.45) is 2.08. The molecule has 1 aromatic carbocycles. The lowest BCUT2D eigenvalue weighted by atomic mass is 9.64. The molecular formula is C18H26N2O3. The van der Waals surface area contributed by atoms with Crippen LogP contribution in [0.15, 0.2) is 30.3 Å². The van der Waals surface area contributed by atoms with Crippen molar-refractivity contribution in [2.45, 2.75) is 56.9 Å². The third kappa shape index (κ3) is 2.83. The van der Waals surface area contributed by atoms with Gasteiger partial charge >= 0.3 is 0 Å². The SMILES string of the molecule is COC1(C(=O)N[C@@H]2C[C@H](Oc3ccccc3)C2(C)C)CC(N)C1. The Labute approximate surface area is 137 Å². The normalized spacial score (nSPS) is 34.9. The first-order valence-electron chi connectivity index (χ1n) is 8.21. The number of hydrogen-bond acceptors (Lipinski definition) is 4. The Hall–Kier alpha value is -1.59. The summed E-state index contributed by atoms with van der Waals surface area (Å²) >= 11 is 0. The van der Waals surface area contributed by atoms with E-state index in [1.165, 1.54) is 0 Å². The van der Waals surface area contributed by atoms with Crippen LogP contribution in [-0.4, -0.2) is 36.8 Å². The lowest BCUT2D eigenvalue weighted by molar-refractivity contribution is -0.162. The van der Waals surface area contributed by atoms with Crippen LogP contribution in [0.2, 0.25) is 0 Å². The van der Waals surface area contributed by atoms with E-state index in [1.54, 1.807) is 7.11 Å². The summed E-state index contributed by atoms with van der Waals surface area (Å²) in [7, 11) is 1.58. The van der Waals surface area contributed by atoms with Gasteiger partial charge in [-0.1, -0.05) is 32.0 Å². The molecule has 0 aromatic heterocycles. The monoisotopic (exact) mass is 318 g/mol. The largest absolute Gasteiger partial charge is 0.490 e. The molecule has 0 unspecified atom stereocenters. The van der Waals surface area contributed by atoms with Crippen LogP contribution in [-0.2, 0) is 9.53 Å². The summed E-state index contributed by atoms with van der Waals surface area (Å²) in [5.74, 6) is 0.826. The van der Waals surface area contributed by atoms with Crippen LogP contribution in [0.1, 0.15) is 33.1 Å². The molecule has 2 aliphatic carbocycles. The standard InChI is InChI=1S/C18H26N2O3/c1-17(2)14(9-15(17)23-13-7-5-4-6-8-13)20-16(21)18(22-3)10-12(19)11-18/h4-8,12,14-15H,9-11,19H2,1-3H3,(H,20,21)/t12?,14-,15+,18?/m1/s1. The Kier molecular flexibility index (Phi) is 4.10. The molecule has 5 nitrogen and oxygen atoms in total. The number of nitrogens with one attached hydrogen (secondary N) is 1. The summed E-state index contributed by atoms with van der Waals surface area (Å²) in [5.41, 5.74) is 4.97. The number of methoxy groups -OCH3 is 1. The van der Waals surface area contributed by atoms with E-state index in [-0.39, 0.29) is 29.5 Å². The molecule has 126 valence electrons. The highest BCUT2D eigenvalue weighted by atomic mass is 16.5. The quantitative estimate of drug-likeness (QED) is 0.869. The average Bonchev–Trinajstić information content (AvgIpc) is 2.51. The number of ether oxygens (including phenoxy) is 2. The zero-order valence-corrected chi connectivity index (χ0v) is 14.0. The molecule has 2 fully saturated rings. The molecule has 0 spiro atoms. The second kappa shape index (κ2) is 5.80. The van der Waals surface area contributed by atoms with Crippen molar-refractivity contribution in [1.29, 1.82) is 0 Å². The van der Waals surface area contributed by atoms with Gasteiger partial charge in [0.2, 0.25) is 0 Å². The maximum Gasteiger partial charge on any atom is 0.252 e. The summed E-state index contributed by atoms with van der Waals surface area (Å²) in [6, 6.07) is 9.95. The molecule has 1 amide bonds. The minimum atomic E-state index is -0.735.